The maximum atomic E-state index is 10.3. The number of hydrogen-bond acceptors (Lipinski definition) is 2. The van der Waals surface area contributed by atoms with Gasteiger partial charge in [0.15, 0.2) is 0 Å². The van der Waals surface area contributed by atoms with Crippen molar-refractivity contribution >= 4 is 5.78 Å². The summed E-state index contributed by atoms with van der Waals surface area (Å²) < 4.78 is 0. The van der Waals surface area contributed by atoms with Crippen molar-refractivity contribution in [2.75, 3.05) is 7.05 Å². The number of nitrogens with one attached hydrogen (secondary N) is 1. The maximum absolute atomic E-state index is 10.3. The van der Waals surface area contributed by atoms with Gasteiger partial charge in [0.05, 0.1) is 0 Å². The molecular weight excluding hydrogens is 191 g/mol. The second kappa shape index (κ2) is 6.72. The molecule has 1 N–H and O–H groups in total. The molecule has 1 unspecified atom stereocenters. The molecule has 0 spiro atoms. The molecule has 51 valence electrons. The molecular formula is C6H11NOY-2. The van der Waals surface area contributed by atoms with Gasteiger partial charge in [0, 0.05) is 32.7 Å². The third-order valence-corrected chi connectivity index (χ3v) is 0.807. The minimum Gasteiger partial charge on any atom is -0.372 e. The minimum absolute atomic E-state index is 0. The van der Waals surface area contributed by atoms with E-state index >= 15 is 0 Å². The van der Waals surface area contributed by atoms with Crippen LogP contribution < -0.4 is 5.32 Å². The van der Waals surface area contributed by atoms with Crippen LogP contribution in [-0.2, 0) is 37.5 Å². The molecule has 0 aromatic carbocycles. The quantitative estimate of drug-likeness (QED) is 0.662. The minimum atomic E-state index is -0.0486. The van der Waals surface area contributed by atoms with Crippen molar-refractivity contribution in [2.24, 2.45) is 0 Å². The van der Waals surface area contributed by atoms with Gasteiger partial charge in [0.25, 0.3) is 0 Å². The zero-order chi connectivity index (χ0) is 6.57. The first-order valence-corrected chi connectivity index (χ1v) is 2.52. The van der Waals surface area contributed by atoms with Gasteiger partial charge in [-0.25, -0.2) is 6.04 Å². The van der Waals surface area contributed by atoms with Crippen LogP contribution in [0.5, 0.6) is 0 Å². The van der Waals surface area contributed by atoms with E-state index in [-0.39, 0.29) is 44.5 Å². The Balaban J connectivity index is 0. The van der Waals surface area contributed by atoms with E-state index in [1.165, 1.54) is 13.3 Å². The summed E-state index contributed by atoms with van der Waals surface area (Å²) in [5, 5.41) is 2.81. The third-order valence-electron chi connectivity index (χ3n) is 0.807. The van der Waals surface area contributed by atoms with Gasteiger partial charge in [-0.15, -0.1) is 0 Å². The molecule has 1 radical (unpaired) electrons. The van der Waals surface area contributed by atoms with Gasteiger partial charge >= 0.3 is 0 Å². The number of carbonyl (C=O) groups is 1. The van der Waals surface area contributed by atoms with Crippen molar-refractivity contribution < 1.29 is 37.5 Å². The van der Waals surface area contributed by atoms with Crippen molar-refractivity contribution in [1.29, 1.82) is 0 Å². The van der Waals surface area contributed by atoms with Gasteiger partial charge in [-0.05, 0) is 19.8 Å². The fourth-order valence-electron chi connectivity index (χ4n) is 0.367. The van der Waals surface area contributed by atoms with Crippen LogP contribution in [0.25, 0.3) is 0 Å². The van der Waals surface area contributed by atoms with Crippen molar-refractivity contribution in [1.82, 2.24) is 5.32 Å². The van der Waals surface area contributed by atoms with Gasteiger partial charge < -0.3 is 23.5 Å². The van der Waals surface area contributed by atoms with E-state index in [1.54, 1.807) is 7.05 Å². The van der Waals surface area contributed by atoms with E-state index in [2.05, 4.69) is 12.2 Å². The number of ketones is 1. The van der Waals surface area contributed by atoms with Crippen LogP contribution in [0.3, 0.4) is 0 Å². The summed E-state index contributed by atoms with van der Waals surface area (Å²) in [6, 6.07) is -0.0486. The van der Waals surface area contributed by atoms with Crippen molar-refractivity contribution in [3.05, 3.63) is 13.3 Å². The Labute approximate surface area is 81.7 Å². The summed E-state index contributed by atoms with van der Waals surface area (Å²) in [6.07, 6.45) is 1.53. The average molecular weight is 202 g/mol. The van der Waals surface area contributed by atoms with Gasteiger partial charge in [0.2, 0.25) is 0 Å². The Bertz CT molecular complexity index is 85.1. The molecule has 0 rings (SSSR count). The molecule has 0 heterocycles. The third kappa shape index (κ3) is 8.60. The number of rotatable bonds is 3. The largest absolute Gasteiger partial charge is 0.372 e. The summed E-state index contributed by atoms with van der Waals surface area (Å²) in [5.74, 6) is 0.0550. The molecule has 0 aromatic heterocycles. The van der Waals surface area contributed by atoms with Crippen LogP contribution in [0.15, 0.2) is 0 Å². The topological polar surface area (TPSA) is 29.1 Å². The summed E-state index contributed by atoms with van der Waals surface area (Å²) in [6.45, 7) is 5.12. The normalized spacial score (nSPS) is 11.4. The monoisotopic (exact) mass is 202 g/mol. The Morgan fingerprint density at radius 2 is 2.22 bits per heavy atom. The second-order valence-corrected chi connectivity index (χ2v) is 1.67. The van der Waals surface area contributed by atoms with Crippen molar-refractivity contribution in [2.45, 2.75) is 13.0 Å². The standard InChI is InChI=1S/C6H11NO.Y/c1-5(7-3)4-6(2)8;/h4-5,7H,1H2,2-3H3;/q-2;. The van der Waals surface area contributed by atoms with Crippen molar-refractivity contribution in [3.63, 3.8) is 0 Å². The van der Waals surface area contributed by atoms with Crippen molar-refractivity contribution in [3.8, 4) is 0 Å². The molecule has 0 aliphatic heterocycles. The van der Waals surface area contributed by atoms with Gasteiger partial charge in [-0.2, -0.15) is 0 Å². The van der Waals surface area contributed by atoms with Crippen LogP contribution >= 0.6 is 0 Å². The zero-order valence-electron chi connectivity index (χ0n) is 5.85. The van der Waals surface area contributed by atoms with Gasteiger partial charge in [0.1, 0.15) is 0 Å². The molecule has 2 nitrogen and oxygen atoms in total. The zero-order valence-corrected chi connectivity index (χ0v) is 8.69. The first-order chi connectivity index (χ1) is 3.66. The first-order valence-electron chi connectivity index (χ1n) is 2.52. The summed E-state index contributed by atoms with van der Waals surface area (Å²) in [7, 11) is 1.76. The molecule has 9 heavy (non-hydrogen) atoms. The van der Waals surface area contributed by atoms with Gasteiger partial charge in [-0.1, -0.05) is 0 Å². The maximum Gasteiger partial charge on any atom is 0 e. The van der Waals surface area contributed by atoms with Crippen LogP contribution in [-0.4, -0.2) is 18.9 Å². The van der Waals surface area contributed by atoms with Crippen LogP contribution in [0.1, 0.15) is 6.92 Å². The van der Waals surface area contributed by atoms with E-state index in [1.807, 2.05) is 0 Å². The summed E-state index contributed by atoms with van der Waals surface area (Å²) in [5.41, 5.74) is 0. The number of hydrogen-bond donors (Lipinski definition) is 1. The Morgan fingerprint density at radius 1 is 1.78 bits per heavy atom. The summed E-state index contributed by atoms with van der Waals surface area (Å²) >= 11 is 0. The Morgan fingerprint density at radius 3 is 2.33 bits per heavy atom. The van der Waals surface area contributed by atoms with Crippen LogP contribution in [0.4, 0.5) is 0 Å². The average Bonchev–Trinajstić information content (AvgIpc) is 1.65. The molecule has 0 aliphatic rings. The molecule has 0 bridgehead atoms. The molecule has 0 saturated heterocycles. The SMILES string of the molecule is [CH2-]C([CH-]C(C)=O)NC.[Y]. The fourth-order valence-corrected chi connectivity index (χ4v) is 0.367. The van der Waals surface area contributed by atoms with E-state index in [9.17, 15) is 4.79 Å². The van der Waals surface area contributed by atoms with E-state index < -0.39 is 0 Å². The van der Waals surface area contributed by atoms with E-state index in [4.69, 9.17) is 0 Å². The molecule has 0 fully saturated rings. The van der Waals surface area contributed by atoms with Gasteiger partial charge in [-0.3, -0.25) is 0 Å². The molecule has 1 atom stereocenters. The fraction of sp³-hybridized carbons (Fsp3) is 0.500. The van der Waals surface area contributed by atoms with Crippen LogP contribution in [0, 0.1) is 13.3 Å². The van der Waals surface area contributed by atoms with Crippen LogP contribution in [0.2, 0.25) is 0 Å². The number of carbonyl (C=O) groups excluding carboxylic acids is 1. The smallest absolute Gasteiger partial charge is 0 e. The molecule has 0 aromatic rings. The molecule has 0 amide bonds. The predicted octanol–water partition coefficient (Wildman–Crippen LogP) is 0.199. The second-order valence-electron chi connectivity index (χ2n) is 1.67. The van der Waals surface area contributed by atoms with E-state index in [0.717, 1.165) is 0 Å². The Kier molecular flexibility index (Phi) is 9.18. The number of Topliss-reactive ketones (excluding diaryl/α,β-unsaturated/α-hetero) is 1. The summed E-state index contributed by atoms with van der Waals surface area (Å²) in [4.78, 5) is 10.3. The molecule has 0 aliphatic carbocycles. The molecule has 3 heteroatoms. The predicted molar refractivity (Wildman–Crippen MR) is 33.2 cm³/mol. The molecule has 0 saturated carbocycles. The Hall–Kier alpha value is 0.604. The first kappa shape index (κ1) is 12.3. The van der Waals surface area contributed by atoms with E-state index in [0.29, 0.717) is 0 Å².